The second-order valence-corrected chi connectivity index (χ2v) is 16.0. The van der Waals surface area contributed by atoms with Crippen LogP contribution in [0.5, 0.6) is 23.0 Å². The first-order valence-corrected chi connectivity index (χ1v) is 20.3. The van der Waals surface area contributed by atoms with Gasteiger partial charge in [-0.3, -0.25) is 0 Å². The van der Waals surface area contributed by atoms with Crippen LogP contribution in [0.1, 0.15) is 22.3 Å². The van der Waals surface area contributed by atoms with Gasteiger partial charge in [0.15, 0.2) is 23.0 Å². The molecule has 0 saturated heterocycles. The molecular formula is C53H32FNO2S. The Bertz CT molecular complexity index is 3270. The van der Waals surface area contributed by atoms with Crippen molar-refractivity contribution in [3.05, 3.63) is 222 Å². The first kappa shape index (κ1) is 33.0. The van der Waals surface area contributed by atoms with Crippen LogP contribution < -0.4 is 14.4 Å². The quantitative estimate of drug-likeness (QED) is 0.174. The molecule has 0 N–H and O–H groups in total. The van der Waals surface area contributed by atoms with Crippen molar-refractivity contribution in [2.45, 2.75) is 5.41 Å². The van der Waals surface area contributed by atoms with E-state index in [1.165, 1.54) is 20.2 Å². The maximum absolute atomic E-state index is 15.0. The summed E-state index contributed by atoms with van der Waals surface area (Å²) in [6.07, 6.45) is 0. The van der Waals surface area contributed by atoms with Crippen molar-refractivity contribution in [3.8, 4) is 34.1 Å². The van der Waals surface area contributed by atoms with Crippen LogP contribution in [-0.4, -0.2) is 0 Å². The molecule has 0 radical (unpaired) electrons. The van der Waals surface area contributed by atoms with Gasteiger partial charge >= 0.3 is 0 Å². The fourth-order valence-corrected chi connectivity index (χ4v) is 10.6. The molecule has 12 rings (SSSR count). The number of halogens is 1. The SMILES string of the molecule is Fc1ccc(C2(c3cc(N(c4ccccc4)c4cccc5c4sc4ccccc45)c4ccccc4c3)c3ccccc3-c3c2ccc2c3Oc3ccccc3O2)cc1. The molecule has 0 amide bonds. The van der Waals surface area contributed by atoms with E-state index < -0.39 is 5.41 Å². The first-order chi connectivity index (χ1) is 28.7. The van der Waals surface area contributed by atoms with E-state index >= 15 is 0 Å². The van der Waals surface area contributed by atoms with E-state index in [-0.39, 0.29) is 5.82 Å². The van der Waals surface area contributed by atoms with Crippen LogP contribution in [0.15, 0.2) is 194 Å². The van der Waals surface area contributed by atoms with Gasteiger partial charge in [-0.1, -0.05) is 127 Å². The zero-order valence-corrected chi connectivity index (χ0v) is 31.8. The minimum absolute atomic E-state index is 0.282. The molecule has 58 heavy (non-hydrogen) atoms. The molecule has 1 aliphatic heterocycles. The average molecular weight is 766 g/mol. The van der Waals surface area contributed by atoms with Crippen molar-refractivity contribution in [3.63, 3.8) is 0 Å². The molecule has 1 aliphatic carbocycles. The summed E-state index contributed by atoms with van der Waals surface area (Å²) in [6, 6.07) is 66.8. The molecule has 10 aromatic rings. The smallest absolute Gasteiger partial charge is 0.178 e. The number of hydrogen-bond donors (Lipinski definition) is 0. The van der Waals surface area contributed by atoms with Crippen LogP contribution >= 0.6 is 11.3 Å². The van der Waals surface area contributed by atoms with Gasteiger partial charge in [0.1, 0.15) is 5.82 Å². The Labute approximate surface area is 338 Å². The highest BCUT2D eigenvalue weighted by Crippen LogP contribution is 2.63. The molecule has 3 nitrogen and oxygen atoms in total. The summed E-state index contributed by atoms with van der Waals surface area (Å²) in [6.45, 7) is 0. The second kappa shape index (κ2) is 12.7. The zero-order valence-electron chi connectivity index (χ0n) is 31.0. The third-order valence-corrected chi connectivity index (χ3v) is 13.0. The molecular weight excluding hydrogens is 734 g/mol. The molecule has 0 bridgehead atoms. The van der Waals surface area contributed by atoms with E-state index in [2.05, 4.69) is 144 Å². The molecule has 0 fully saturated rings. The van der Waals surface area contributed by atoms with E-state index in [0.717, 1.165) is 61.2 Å². The topological polar surface area (TPSA) is 21.7 Å². The van der Waals surface area contributed by atoms with Gasteiger partial charge in [0.05, 0.1) is 21.5 Å². The monoisotopic (exact) mass is 765 g/mol. The minimum atomic E-state index is -0.861. The Kier molecular flexibility index (Phi) is 7.19. The molecule has 0 saturated carbocycles. The van der Waals surface area contributed by atoms with Crippen LogP contribution in [0.25, 0.3) is 42.1 Å². The van der Waals surface area contributed by atoms with Gasteiger partial charge in [0, 0.05) is 32.1 Å². The second-order valence-electron chi connectivity index (χ2n) is 14.9. The lowest BCUT2D eigenvalue weighted by Gasteiger charge is -2.36. The van der Waals surface area contributed by atoms with Crippen molar-refractivity contribution < 1.29 is 13.9 Å². The summed E-state index contributed by atoms with van der Waals surface area (Å²) in [5.41, 5.74) is 8.50. The lowest BCUT2D eigenvalue weighted by Crippen LogP contribution is -2.29. The van der Waals surface area contributed by atoms with Crippen molar-refractivity contribution in [1.29, 1.82) is 0 Å². The third-order valence-electron chi connectivity index (χ3n) is 11.8. The summed E-state index contributed by atoms with van der Waals surface area (Å²) in [5.74, 6) is 2.40. The Hall–Kier alpha value is -7.21. The number of nitrogens with zero attached hydrogens (tertiary/aromatic N) is 1. The maximum Gasteiger partial charge on any atom is 0.178 e. The third kappa shape index (κ3) is 4.71. The minimum Gasteiger partial charge on any atom is -0.449 e. The number of rotatable bonds is 5. The van der Waals surface area contributed by atoms with Gasteiger partial charge in [-0.25, -0.2) is 4.39 Å². The van der Waals surface area contributed by atoms with Crippen LogP contribution in [0.3, 0.4) is 0 Å². The van der Waals surface area contributed by atoms with Gasteiger partial charge in [-0.2, -0.15) is 0 Å². The first-order valence-electron chi connectivity index (χ1n) is 19.4. The van der Waals surface area contributed by atoms with Crippen molar-refractivity contribution in [1.82, 2.24) is 0 Å². The molecule has 274 valence electrons. The van der Waals surface area contributed by atoms with Crippen molar-refractivity contribution in [2.24, 2.45) is 0 Å². The summed E-state index contributed by atoms with van der Waals surface area (Å²) in [7, 11) is 0. The molecule has 9 aromatic carbocycles. The summed E-state index contributed by atoms with van der Waals surface area (Å²) in [4.78, 5) is 2.42. The molecule has 0 spiro atoms. The molecule has 1 aromatic heterocycles. The van der Waals surface area contributed by atoms with Crippen molar-refractivity contribution in [2.75, 3.05) is 4.90 Å². The predicted octanol–water partition coefficient (Wildman–Crippen LogP) is 15.1. The fourth-order valence-electron chi connectivity index (χ4n) is 9.42. The van der Waals surface area contributed by atoms with Crippen LogP contribution in [0, 0.1) is 5.82 Å². The number of benzene rings is 9. The van der Waals surface area contributed by atoms with Crippen LogP contribution in [0.2, 0.25) is 0 Å². The summed E-state index contributed by atoms with van der Waals surface area (Å²) >= 11 is 1.83. The van der Waals surface area contributed by atoms with Crippen LogP contribution in [0.4, 0.5) is 21.5 Å². The lowest BCUT2D eigenvalue weighted by atomic mass is 9.67. The van der Waals surface area contributed by atoms with Gasteiger partial charge in [0.2, 0.25) is 0 Å². The molecule has 2 heterocycles. The summed E-state index contributed by atoms with van der Waals surface area (Å²) in [5, 5.41) is 4.70. The Morgan fingerprint density at radius 1 is 0.483 bits per heavy atom. The highest BCUT2D eigenvalue weighted by Gasteiger charge is 2.49. The molecule has 1 atom stereocenters. The normalized spacial score (nSPS) is 15.0. The van der Waals surface area contributed by atoms with Crippen molar-refractivity contribution >= 4 is 59.3 Å². The van der Waals surface area contributed by atoms with E-state index in [1.807, 2.05) is 53.8 Å². The number of fused-ring (bicyclic) bond motifs is 10. The molecule has 2 aliphatic rings. The van der Waals surface area contributed by atoms with E-state index in [4.69, 9.17) is 9.47 Å². The lowest BCUT2D eigenvalue weighted by molar-refractivity contribution is 0.360. The van der Waals surface area contributed by atoms with E-state index in [0.29, 0.717) is 23.0 Å². The van der Waals surface area contributed by atoms with Crippen LogP contribution in [-0.2, 0) is 5.41 Å². The van der Waals surface area contributed by atoms with Gasteiger partial charge in [-0.15, -0.1) is 11.3 Å². The number of ether oxygens (including phenoxy) is 2. The van der Waals surface area contributed by atoms with Gasteiger partial charge in [0.25, 0.3) is 0 Å². The number of para-hydroxylation sites is 3. The Morgan fingerprint density at radius 3 is 2.05 bits per heavy atom. The van der Waals surface area contributed by atoms with E-state index in [9.17, 15) is 4.39 Å². The highest BCUT2D eigenvalue weighted by molar-refractivity contribution is 7.26. The average Bonchev–Trinajstić information content (AvgIpc) is 3.81. The maximum atomic E-state index is 15.0. The number of anilines is 3. The number of hydrogen-bond acceptors (Lipinski definition) is 4. The Morgan fingerprint density at radius 2 is 1.19 bits per heavy atom. The summed E-state index contributed by atoms with van der Waals surface area (Å²) < 4.78 is 30.7. The highest BCUT2D eigenvalue weighted by atomic mass is 32.1. The van der Waals surface area contributed by atoms with Gasteiger partial charge in [-0.05, 0) is 99.9 Å². The number of thiophene rings is 1. The standard InChI is InChI=1S/C53H32FNO2S/c54-36-27-25-34(26-28-36)53(42-20-8-6-18-41(42)50-43(53)29-30-48-51(50)57-47-23-10-9-22-46(47)56-48)35-31-33-13-4-5-16-38(33)45(32-35)55(37-14-2-1-3-15-37)44-21-12-19-40-39-17-7-11-24-49(39)58-52(40)44/h1-32H. The van der Waals surface area contributed by atoms with E-state index in [1.54, 1.807) is 12.1 Å². The van der Waals surface area contributed by atoms with Gasteiger partial charge < -0.3 is 14.4 Å². The largest absolute Gasteiger partial charge is 0.449 e. The fraction of sp³-hybridized carbons (Fsp3) is 0.0189. The zero-order chi connectivity index (χ0) is 38.4. The predicted molar refractivity (Wildman–Crippen MR) is 235 cm³/mol. The Balaban J connectivity index is 1.19. The molecule has 5 heteroatoms. The molecule has 1 unspecified atom stereocenters.